The van der Waals surface area contributed by atoms with E-state index in [-0.39, 0.29) is 5.92 Å². The van der Waals surface area contributed by atoms with Crippen molar-refractivity contribution in [1.29, 1.82) is 0 Å². The molecule has 0 saturated carbocycles. The van der Waals surface area contributed by atoms with E-state index in [0.717, 1.165) is 31.6 Å². The summed E-state index contributed by atoms with van der Waals surface area (Å²) in [5, 5.41) is 0. The molecule has 2 heteroatoms. The van der Waals surface area contributed by atoms with E-state index in [9.17, 15) is 4.79 Å². The molecule has 1 heterocycles. The van der Waals surface area contributed by atoms with E-state index in [1.165, 1.54) is 12.8 Å². The highest BCUT2D eigenvalue weighted by atomic mass is 16.1. The van der Waals surface area contributed by atoms with Crippen LogP contribution in [0.25, 0.3) is 0 Å². The molecule has 1 aliphatic heterocycles. The lowest BCUT2D eigenvalue weighted by atomic mass is 9.92. The number of hydrogen-bond acceptors (Lipinski definition) is 2. The normalized spacial score (nSPS) is 29.3. The van der Waals surface area contributed by atoms with Gasteiger partial charge in [0.15, 0.2) is 5.78 Å². The molecule has 1 unspecified atom stereocenters. The average molecular weight is 179 g/mol. The second-order valence-corrected chi connectivity index (χ2v) is 4.13. The summed E-state index contributed by atoms with van der Waals surface area (Å²) in [7, 11) is 0. The maximum atomic E-state index is 11.8. The summed E-state index contributed by atoms with van der Waals surface area (Å²) in [6.07, 6.45) is 6.75. The third-order valence-electron chi connectivity index (χ3n) is 3.08. The quantitative estimate of drug-likeness (QED) is 0.613. The lowest BCUT2D eigenvalue weighted by Crippen LogP contribution is -2.30. The van der Waals surface area contributed by atoms with Crippen LogP contribution in [-0.2, 0) is 4.79 Å². The predicted molar refractivity (Wildman–Crippen MR) is 52.3 cm³/mol. The van der Waals surface area contributed by atoms with Gasteiger partial charge in [-0.05, 0) is 25.7 Å². The lowest BCUT2D eigenvalue weighted by molar-refractivity contribution is -0.120. The van der Waals surface area contributed by atoms with Gasteiger partial charge >= 0.3 is 0 Å². The predicted octanol–water partition coefficient (Wildman–Crippen LogP) is 1.97. The first-order valence-corrected chi connectivity index (χ1v) is 5.28. The first-order chi connectivity index (χ1) is 6.29. The molecule has 0 spiro atoms. The van der Waals surface area contributed by atoms with Crippen LogP contribution in [0.1, 0.15) is 32.6 Å². The molecule has 0 radical (unpaired) electrons. The Morgan fingerprint density at radius 2 is 2.08 bits per heavy atom. The van der Waals surface area contributed by atoms with Gasteiger partial charge in [0, 0.05) is 19.0 Å². The Labute approximate surface area is 79.6 Å². The van der Waals surface area contributed by atoms with Gasteiger partial charge in [-0.3, -0.25) is 4.79 Å². The fourth-order valence-electron chi connectivity index (χ4n) is 2.20. The Hall–Kier alpha value is -0.790. The highest BCUT2D eigenvalue weighted by Gasteiger charge is 2.26. The van der Waals surface area contributed by atoms with E-state index in [1.54, 1.807) is 0 Å². The molecule has 1 aliphatic carbocycles. The molecule has 0 amide bonds. The summed E-state index contributed by atoms with van der Waals surface area (Å²) in [5.74, 6) is 0.619. The Balaban J connectivity index is 2.12. The van der Waals surface area contributed by atoms with E-state index < -0.39 is 0 Å². The molecule has 0 bridgehead atoms. The van der Waals surface area contributed by atoms with E-state index in [1.807, 2.05) is 6.92 Å². The van der Waals surface area contributed by atoms with Crippen LogP contribution in [0.2, 0.25) is 0 Å². The van der Waals surface area contributed by atoms with Crippen molar-refractivity contribution >= 4 is 5.78 Å². The van der Waals surface area contributed by atoms with Gasteiger partial charge in [0.2, 0.25) is 0 Å². The number of Topliss-reactive ketones (excluding diaryl/α,β-unsaturated/α-hetero) is 1. The molecule has 0 aromatic heterocycles. The van der Waals surface area contributed by atoms with Gasteiger partial charge in [-0.15, -0.1) is 0 Å². The van der Waals surface area contributed by atoms with Crippen LogP contribution in [0.3, 0.4) is 0 Å². The molecule has 0 aromatic rings. The van der Waals surface area contributed by atoms with Gasteiger partial charge < -0.3 is 4.90 Å². The minimum absolute atomic E-state index is 0.251. The number of ketones is 1. The van der Waals surface area contributed by atoms with Crippen LogP contribution >= 0.6 is 0 Å². The number of nitrogens with zero attached hydrogens (tertiary/aromatic N) is 1. The highest BCUT2D eigenvalue weighted by Crippen LogP contribution is 2.25. The van der Waals surface area contributed by atoms with Crippen LogP contribution in [0, 0.1) is 5.92 Å². The molecule has 1 fully saturated rings. The van der Waals surface area contributed by atoms with Crippen molar-refractivity contribution < 1.29 is 4.79 Å². The van der Waals surface area contributed by atoms with Gasteiger partial charge in [0.05, 0.1) is 5.70 Å². The Bertz CT molecular complexity index is 238. The largest absolute Gasteiger partial charge is 0.369 e. The van der Waals surface area contributed by atoms with Crippen molar-refractivity contribution in [3.8, 4) is 0 Å². The van der Waals surface area contributed by atoms with Gasteiger partial charge in [-0.25, -0.2) is 0 Å². The van der Waals surface area contributed by atoms with Crippen molar-refractivity contribution in [1.82, 2.24) is 4.90 Å². The Morgan fingerprint density at radius 1 is 1.38 bits per heavy atom. The first kappa shape index (κ1) is 8.79. The third-order valence-corrected chi connectivity index (χ3v) is 3.08. The maximum absolute atomic E-state index is 11.8. The smallest absolute Gasteiger partial charge is 0.181 e. The number of allylic oxidation sites excluding steroid dienone is 2. The van der Waals surface area contributed by atoms with Crippen molar-refractivity contribution in [2.75, 3.05) is 13.1 Å². The number of likely N-dealkylation sites (tertiary alicyclic amines) is 1. The van der Waals surface area contributed by atoms with Crippen LogP contribution in [0.15, 0.2) is 11.8 Å². The van der Waals surface area contributed by atoms with Crippen molar-refractivity contribution in [3.63, 3.8) is 0 Å². The van der Waals surface area contributed by atoms with Crippen LogP contribution in [0.4, 0.5) is 0 Å². The highest BCUT2D eigenvalue weighted by molar-refractivity contribution is 5.97. The summed E-state index contributed by atoms with van der Waals surface area (Å²) >= 11 is 0. The zero-order valence-electron chi connectivity index (χ0n) is 8.25. The molecule has 1 atom stereocenters. The topological polar surface area (TPSA) is 20.3 Å². The van der Waals surface area contributed by atoms with Crippen molar-refractivity contribution in [2.45, 2.75) is 32.6 Å². The first-order valence-electron chi connectivity index (χ1n) is 5.28. The maximum Gasteiger partial charge on any atom is 0.181 e. The van der Waals surface area contributed by atoms with Crippen LogP contribution in [-0.4, -0.2) is 23.8 Å². The van der Waals surface area contributed by atoms with Crippen LogP contribution < -0.4 is 0 Å². The standard InChI is InChI=1S/C11H17NO/c1-9-5-4-6-10(11(9)13)12-7-2-3-8-12/h6,9H,2-5,7-8H2,1H3. The molecule has 2 aliphatic rings. The fourth-order valence-corrected chi connectivity index (χ4v) is 2.20. The van der Waals surface area contributed by atoms with Crippen molar-refractivity contribution in [2.24, 2.45) is 5.92 Å². The molecule has 72 valence electrons. The Kier molecular flexibility index (Phi) is 2.38. The number of carbonyl (C=O) groups is 1. The minimum Gasteiger partial charge on any atom is -0.369 e. The summed E-state index contributed by atoms with van der Waals surface area (Å²) in [6.45, 7) is 4.22. The van der Waals surface area contributed by atoms with Crippen LogP contribution in [0.5, 0.6) is 0 Å². The molecule has 0 N–H and O–H groups in total. The molecule has 0 aromatic carbocycles. The second-order valence-electron chi connectivity index (χ2n) is 4.13. The molecule has 2 nitrogen and oxygen atoms in total. The molecular formula is C11H17NO. The monoisotopic (exact) mass is 179 g/mol. The van der Waals surface area contributed by atoms with Gasteiger partial charge in [0.25, 0.3) is 0 Å². The number of carbonyl (C=O) groups excluding carboxylic acids is 1. The summed E-state index contributed by atoms with van der Waals surface area (Å²) in [6, 6.07) is 0. The van der Waals surface area contributed by atoms with E-state index in [4.69, 9.17) is 0 Å². The second kappa shape index (κ2) is 3.52. The summed E-state index contributed by atoms with van der Waals surface area (Å²) in [5.41, 5.74) is 1.01. The van der Waals surface area contributed by atoms with Gasteiger partial charge in [-0.2, -0.15) is 0 Å². The van der Waals surface area contributed by atoms with E-state index >= 15 is 0 Å². The fraction of sp³-hybridized carbons (Fsp3) is 0.727. The van der Waals surface area contributed by atoms with Gasteiger partial charge in [-0.1, -0.05) is 13.0 Å². The Morgan fingerprint density at radius 3 is 2.77 bits per heavy atom. The summed E-state index contributed by atoms with van der Waals surface area (Å²) < 4.78 is 0. The molecular weight excluding hydrogens is 162 g/mol. The lowest BCUT2D eigenvalue weighted by Gasteiger charge is -2.26. The SMILES string of the molecule is CC1CCC=C(N2CCCC2)C1=O. The van der Waals surface area contributed by atoms with Crippen molar-refractivity contribution in [3.05, 3.63) is 11.8 Å². The molecule has 13 heavy (non-hydrogen) atoms. The zero-order chi connectivity index (χ0) is 9.26. The molecule has 1 saturated heterocycles. The summed E-state index contributed by atoms with van der Waals surface area (Å²) in [4.78, 5) is 14.1. The number of hydrogen-bond donors (Lipinski definition) is 0. The minimum atomic E-state index is 0.251. The zero-order valence-corrected chi connectivity index (χ0v) is 8.25. The molecule has 2 rings (SSSR count). The average Bonchev–Trinajstić information content (AvgIpc) is 2.62. The number of rotatable bonds is 1. The third kappa shape index (κ3) is 1.62. The van der Waals surface area contributed by atoms with E-state index in [2.05, 4.69) is 11.0 Å². The van der Waals surface area contributed by atoms with Gasteiger partial charge in [0.1, 0.15) is 0 Å². The van der Waals surface area contributed by atoms with E-state index in [0.29, 0.717) is 5.78 Å².